The molecule has 0 saturated carbocycles. The Bertz CT molecular complexity index is 696. The molecule has 22 heavy (non-hydrogen) atoms. The Hall–Kier alpha value is -2.34. The van der Waals surface area contributed by atoms with Crippen LogP contribution in [0.5, 0.6) is 0 Å². The predicted molar refractivity (Wildman–Crippen MR) is 85.0 cm³/mol. The lowest BCUT2D eigenvalue weighted by Crippen LogP contribution is -2.17. The molecule has 0 bridgehead atoms. The highest BCUT2D eigenvalue weighted by atomic mass is 19.2. The van der Waals surface area contributed by atoms with Crippen molar-refractivity contribution < 1.29 is 8.63 Å². The van der Waals surface area contributed by atoms with Crippen LogP contribution in [0.15, 0.2) is 39.6 Å². The van der Waals surface area contributed by atoms with Gasteiger partial charge < -0.3 is 4.48 Å². The maximum atomic E-state index is 13.3. The van der Waals surface area contributed by atoms with Gasteiger partial charge >= 0.3 is 7.40 Å². The third-order valence-corrected chi connectivity index (χ3v) is 3.39. The summed E-state index contributed by atoms with van der Waals surface area (Å²) in [5.41, 5.74) is 11.7. The van der Waals surface area contributed by atoms with Crippen molar-refractivity contribution in [1.29, 1.82) is 0 Å². The predicted octanol–water partition coefficient (Wildman–Crippen LogP) is 4.26. The van der Waals surface area contributed by atoms with Crippen LogP contribution < -0.4 is 0 Å². The Morgan fingerprint density at radius 2 is 2.18 bits per heavy atom. The second kappa shape index (κ2) is 7.09. The molecule has 1 aromatic rings. The Labute approximate surface area is 127 Å². The molecule has 2 rings (SSSR count). The van der Waals surface area contributed by atoms with E-state index in [9.17, 15) is 8.63 Å². The van der Waals surface area contributed by atoms with Gasteiger partial charge in [0, 0.05) is 28.6 Å². The molecule has 114 valence electrons. The van der Waals surface area contributed by atoms with Crippen molar-refractivity contribution in [3.8, 4) is 0 Å². The van der Waals surface area contributed by atoms with E-state index in [1.807, 2.05) is 19.9 Å². The van der Waals surface area contributed by atoms with Gasteiger partial charge in [0.1, 0.15) is 0 Å². The largest absolute Gasteiger partial charge is 0.677 e. The number of halogens is 2. The summed E-state index contributed by atoms with van der Waals surface area (Å²) in [7, 11) is -2.62. The molecule has 0 amide bonds. The van der Waals surface area contributed by atoms with Crippen LogP contribution in [0.2, 0.25) is 0 Å². The van der Waals surface area contributed by atoms with Gasteiger partial charge in [-0.1, -0.05) is 5.11 Å². The van der Waals surface area contributed by atoms with E-state index in [0.29, 0.717) is 36.5 Å². The number of allylic oxidation sites excluding steroid dienone is 2. The van der Waals surface area contributed by atoms with Crippen molar-refractivity contribution in [2.24, 2.45) is 10.1 Å². The average Bonchev–Trinajstić information content (AvgIpc) is 2.99. The third kappa shape index (κ3) is 3.65. The summed E-state index contributed by atoms with van der Waals surface area (Å²) in [4.78, 5) is 6.99. The number of hydrogen-bond acceptors (Lipinski definition) is 2. The van der Waals surface area contributed by atoms with Crippen molar-refractivity contribution in [2.75, 3.05) is 6.54 Å². The smallest absolute Gasteiger partial charge is 0.329 e. The van der Waals surface area contributed by atoms with Gasteiger partial charge in [-0.25, -0.2) is 0 Å². The normalized spacial score (nSPS) is 15.5. The number of aliphatic imine (C=N–C) groups is 1. The molecular weight excluding hydrogens is 287 g/mol. The topological polar surface area (TPSA) is 66.1 Å². The van der Waals surface area contributed by atoms with Gasteiger partial charge in [0.2, 0.25) is 0 Å². The molecule has 0 saturated heterocycles. The molecule has 0 spiro atoms. The zero-order chi connectivity index (χ0) is 16.1. The molecule has 1 aliphatic heterocycles. The van der Waals surface area contributed by atoms with Crippen LogP contribution in [0, 0.1) is 0 Å². The molecule has 0 aromatic carbocycles. The second-order valence-corrected chi connectivity index (χ2v) is 5.07. The maximum absolute atomic E-state index is 13.3. The lowest BCUT2D eigenvalue weighted by atomic mass is 10.1. The van der Waals surface area contributed by atoms with E-state index in [2.05, 4.69) is 15.0 Å². The highest BCUT2D eigenvalue weighted by Gasteiger charge is 2.23. The van der Waals surface area contributed by atoms with Crippen LogP contribution in [0.4, 0.5) is 8.63 Å². The van der Waals surface area contributed by atoms with Crippen molar-refractivity contribution in [2.45, 2.75) is 26.7 Å². The molecule has 1 aliphatic rings. The van der Waals surface area contributed by atoms with Gasteiger partial charge in [0.25, 0.3) is 0 Å². The fourth-order valence-corrected chi connectivity index (χ4v) is 2.43. The minimum Gasteiger partial charge on any atom is -0.329 e. The summed E-state index contributed by atoms with van der Waals surface area (Å²) < 4.78 is 27.7. The number of rotatable bonds is 6. The fourth-order valence-electron chi connectivity index (χ4n) is 2.43. The summed E-state index contributed by atoms with van der Waals surface area (Å²) in [6.07, 6.45) is 4.56. The number of aromatic nitrogens is 1. The van der Waals surface area contributed by atoms with E-state index in [-0.39, 0.29) is 0 Å². The van der Waals surface area contributed by atoms with Crippen molar-refractivity contribution in [3.05, 3.63) is 51.3 Å². The summed E-state index contributed by atoms with van der Waals surface area (Å²) in [5, 5.41) is 3.42. The first-order valence-electron chi connectivity index (χ1n) is 6.97. The Balaban J connectivity index is 2.26. The lowest BCUT2D eigenvalue weighted by Gasteiger charge is -2.08. The number of hydrogen-bond donors (Lipinski definition) is 0. The van der Waals surface area contributed by atoms with Crippen LogP contribution in [0.3, 0.4) is 0 Å². The monoisotopic (exact) mass is 303 g/mol. The van der Waals surface area contributed by atoms with Gasteiger partial charge in [-0.2, -0.15) is 0 Å². The average molecular weight is 303 g/mol. The first kappa shape index (κ1) is 16.0. The molecule has 0 fully saturated rings. The zero-order valence-corrected chi connectivity index (χ0v) is 12.5. The zero-order valence-electron chi connectivity index (χ0n) is 12.5. The first-order valence-corrected chi connectivity index (χ1v) is 6.97. The van der Waals surface area contributed by atoms with Crippen molar-refractivity contribution in [3.63, 3.8) is 0 Å². The SMILES string of the molecule is CC1=CC(C)=N/C1=C\c1ccc(CCCN=[N+]=[N-])n1B(F)F. The highest BCUT2D eigenvalue weighted by Crippen LogP contribution is 2.23. The van der Waals surface area contributed by atoms with Crippen LogP contribution in [-0.2, 0) is 6.42 Å². The Morgan fingerprint density at radius 1 is 1.41 bits per heavy atom. The second-order valence-electron chi connectivity index (χ2n) is 5.07. The molecular formula is C14H16BF2N5. The number of nitrogens with zero attached hydrogens (tertiary/aromatic N) is 5. The molecule has 0 atom stereocenters. The van der Waals surface area contributed by atoms with Crippen LogP contribution in [0.1, 0.15) is 31.7 Å². The fraction of sp³-hybridized carbons (Fsp3) is 0.357. The molecule has 0 N–H and O–H groups in total. The summed E-state index contributed by atoms with van der Waals surface area (Å²) in [5.74, 6) is 0. The van der Waals surface area contributed by atoms with Crippen molar-refractivity contribution in [1.82, 2.24) is 4.48 Å². The minimum absolute atomic E-state index is 0.298. The van der Waals surface area contributed by atoms with Gasteiger partial charge in [0.05, 0.1) is 5.70 Å². The summed E-state index contributed by atoms with van der Waals surface area (Å²) >= 11 is 0. The van der Waals surface area contributed by atoms with Crippen LogP contribution >= 0.6 is 0 Å². The van der Waals surface area contributed by atoms with Crippen LogP contribution in [0.25, 0.3) is 16.5 Å². The van der Waals surface area contributed by atoms with E-state index < -0.39 is 7.40 Å². The first-order chi connectivity index (χ1) is 10.5. The van der Waals surface area contributed by atoms with Gasteiger partial charge in [-0.15, -0.1) is 0 Å². The van der Waals surface area contributed by atoms with E-state index in [1.165, 1.54) is 0 Å². The standard InChI is InChI=1S/C14H16BF2N5/c1-10-8-11(2)20-14(10)9-13-6-5-12(22(13)15(16)17)4-3-7-19-21-18/h5-6,8-9H,3-4,7H2,1-2H3/b14-9-. The molecule has 0 radical (unpaired) electrons. The summed E-state index contributed by atoms with van der Waals surface area (Å²) in [6.45, 7) is 4.08. The Kier molecular flexibility index (Phi) is 5.17. The van der Waals surface area contributed by atoms with E-state index >= 15 is 0 Å². The number of azide groups is 1. The lowest BCUT2D eigenvalue weighted by molar-refractivity contribution is 0.617. The molecule has 0 unspecified atom stereocenters. The highest BCUT2D eigenvalue weighted by molar-refractivity contribution is 6.41. The molecule has 5 nitrogen and oxygen atoms in total. The van der Waals surface area contributed by atoms with Gasteiger partial charge in [-0.05, 0) is 62.1 Å². The maximum Gasteiger partial charge on any atom is 0.677 e. The molecule has 8 heteroatoms. The molecule has 1 aromatic heterocycles. The van der Waals surface area contributed by atoms with Gasteiger partial charge in [0.15, 0.2) is 0 Å². The third-order valence-electron chi connectivity index (χ3n) is 3.39. The van der Waals surface area contributed by atoms with Gasteiger partial charge in [-0.3, -0.25) is 13.6 Å². The summed E-state index contributed by atoms with van der Waals surface area (Å²) in [6, 6.07) is 3.34. The van der Waals surface area contributed by atoms with E-state index in [1.54, 1.807) is 18.2 Å². The van der Waals surface area contributed by atoms with Crippen LogP contribution in [-0.4, -0.2) is 24.1 Å². The molecule has 0 aliphatic carbocycles. The Morgan fingerprint density at radius 3 is 2.77 bits per heavy atom. The quantitative estimate of drug-likeness (QED) is 0.248. The number of aryl methyl sites for hydroxylation is 1. The van der Waals surface area contributed by atoms with E-state index in [0.717, 1.165) is 15.8 Å². The minimum atomic E-state index is -2.62. The van der Waals surface area contributed by atoms with Crippen molar-refractivity contribution >= 4 is 19.2 Å². The van der Waals surface area contributed by atoms with E-state index in [4.69, 9.17) is 5.53 Å². The molecule has 2 heterocycles.